The monoisotopic (exact) mass is 982 g/mol. The van der Waals surface area contributed by atoms with Gasteiger partial charge in [0.15, 0.2) is 11.6 Å². The van der Waals surface area contributed by atoms with Crippen molar-refractivity contribution in [2.24, 2.45) is 0 Å². The zero-order valence-electron chi connectivity index (χ0n) is 36.4. The van der Waals surface area contributed by atoms with Gasteiger partial charge in [0.05, 0.1) is 35.3 Å². The molecule has 0 unspecified atom stereocenters. The predicted molar refractivity (Wildman–Crippen MR) is 222 cm³/mol. The van der Waals surface area contributed by atoms with E-state index >= 15 is 8.78 Å². The number of fused-ring (bicyclic) bond motifs is 7. The number of pyridine rings is 1. The molecular formula is C46H41F11N6O6. The molecule has 2 bridgehead atoms. The van der Waals surface area contributed by atoms with Gasteiger partial charge in [-0.3, -0.25) is 9.80 Å². The second kappa shape index (κ2) is 16.4. The molecule has 0 radical (unpaired) electrons. The molecule has 4 fully saturated rings. The van der Waals surface area contributed by atoms with Gasteiger partial charge in [-0.15, -0.1) is 6.42 Å². The number of phenols is 1. The summed E-state index contributed by atoms with van der Waals surface area (Å²) in [5.41, 5.74) is -8.00. The molecule has 23 heteroatoms. The van der Waals surface area contributed by atoms with Crippen molar-refractivity contribution in [3.8, 4) is 35.4 Å². The number of terminal acetylenes is 1. The summed E-state index contributed by atoms with van der Waals surface area (Å²) in [7, 11) is 0. The van der Waals surface area contributed by atoms with E-state index in [-0.39, 0.29) is 114 Å². The van der Waals surface area contributed by atoms with Crippen LogP contribution >= 0.6 is 0 Å². The number of aryl methyl sites for hydroxylation is 2. The lowest BCUT2D eigenvalue weighted by molar-refractivity contribution is -0.458. The number of phenolic OH excluding ortho intramolecular Hbond substituents is 1. The first-order valence-corrected chi connectivity index (χ1v) is 22.2. The Morgan fingerprint density at radius 3 is 2.36 bits per heavy atom. The molecule has 8 heterocycles. The van der Waals surface area contributed by atoms with Crippen molar-refractivity contribution in [3.63, 3.8) is 0 Å². The van der Waals surface area contributed by atoms with Crippen molar-refractivity contribution in [1.82, 2.24) is 24.8 Å². The zero-order valence-corrected chi connectivity index (χ0v) is 36.4. The molecule has 0 amide bonds. The molecule has 0 aliphatic carbocycles. The smallest absolute Gasteiger partial charge is 0.508 e. The highest BCUT2D eigenvalue weighted by Crippen LogP contribution is 2.56. The van der Waals surface area contributed by atoms with Gasteiger partial charge in [-0.1, -0.05) is 12.0 Å². The van der Waals surface area contributed by atoms with E-state index in [1.807, 2.05) is 4.90 Å². The quantitative estimate of drug-likeness (QED) is 0.112. The predicted octanol–water partition coefficient (Wildman–Crippen LogP) is 9.04. The molecule has 3 aromatic heterocycles. The Labute approximate surface area is 384 Å². The third-order valence-corrected chi connectivity index (χ3v) is 14.8. The number of halogens is 11. The fourth-order valence-electron chi connectivity index (χ4n) is 11.7. The third-order valence-electron chi connectivity index (χ3n) is 14.8. The van der Waals surface area contributed by atoms with Crippen LogP contribution in [0.2, 0.25) is 0 Å². The highest BCUT2D eigenvalue weighted by Gasteiger charge is 2.85. The van der Waals surface area contributed by atoms with E-state index in [1.54, 1.807) is 6.92 Å². The maximum absolute atomic E-state index is 17.7. The van der Waals surface area contributed by atoms with E-state index in [9.17, 15) is 49.4 Å². The standard InChI is InChI=1S/C46H41F11N6O6/c1-3-27-29(47)10-8-23-16-26(64)17-28(34(23)27)37-36(48)38-35-30(58-37)6-4-7-31-32-11-9-24(61(32)19-33-22(2)68-41(65)69-33)18-62(31)39(35)60-40(59-38)66-21-42-13-5-15-63(42)25(12-14-42)20-67-43(44(49,50)51,45(52,53)54)46(55,56)57/h1,8,10,16-17,24-25,31-32,64H,4-7,9,11-15,18-21H2,2H3/t24-,25+,31-,32+,42+/m1/s1. The minimum absolute atomic E-state index is 0.0335. The summed E-state index contributed by atoms with van der Waals surface area (Å²) in [5, 5.41) is 11.5. The molecule has 69 heavy (non-hydrogen) atoms. The maximum atomic E-state index is 17.7. The number of hydrogen-bond donors (Lipinski definition) is 1. The van der Waals surface area contributed by atoms with Gasteiger partial charge in [0.1, 0.15) is 41.0 Å². The summed E-state index contributed by atoms with van der Waals surface area (Å²) >= 11 is 0. The molecule has 5 aliphatic rings. The van der Waals surface area contributed by atoms with Crippen LogP contribution in [0.1, 0.15) is 74.1 Å². The van der Waals surface area contributed by atoms with Gasteiger partial charge in [0, 0.05) is 41.7 Å². The molecule has 12 nitrogen and oxygen atoms in total. The van der Waals surface area contributed by atoms with Crippen molar-refractivity contribution in [2.45, 2.75) is 125 Å². The van der Waals surface area contributed by atoms with E-state index in [2.05, 4.69) is 20.5 Å². The molecule has 5 atom stereocenters. The summed E-state index contributed by atoms with van der Waals surface area (Å²) in [5.74, 6) is 0.393. The topological polar surface area (TPSA) is 130 Å². The fraction of sp³-hybridized carbons (Fsp3) is 0.522. The Bertz CT molecular complexity index is 2930. The van der Waals surface area contributed by atoms with Crippen LogP contribution in [0.25, 0.3) is 32.9 Å². The van der Waals surface area contributed by atoms with Crippen molar-refractivity contribution in [2.75, 3.05) is 31.2 Å². The van der Waals surface area contributed by atoms with Gasteiger partial charge in [0.2, 0.25) is 0 Å². The lowest BCUT2D eigenvalue weighted by atomic mass is 9.92. The number of rotatable bonds is 9. The summed E-state index contributed by atoms with van der Waals surface area (Å²) < 4.78 is 178. The number of benzene rings is 2. The van der Waals surface area contributed by atoms with Gasteiger partial charge in [-0.05, 0) is 94.8 Å². The first-order chi connectivity index (χ1) is 32.6. The van der Waals surface area contributed by atoms with Crippen LogP contribution in [0.3, 0.4) is 0 Å². The number of anilines is 1. The van der Waals surface area contributed by atoms with E-state index in [1.165, 1.54) is 23.1 Å². The molecule has 0 spiro atoms. The second-order valence-corrected chi connectivity index (χ2v) is 18.4. The number of ether oxygens (including phenoxy) is 2. The van der Waals surface area contributed by atoms with Crippen LogP contribution in [0.5, 0.6) is 11.8 Å². The van der Waals surface area contributed by atoms with Gasteiger partial charge in [-0.2, -0.15) is 49.5 Å². The van der Waals surface area contributed by atoms with Crippen molar-refractivity contribution < 1.29 is 71.7 Å². The largest absolute Gasteiger partial charge is 0.519 e. The number of alkyl halides is 9. The lowest BCUT2D eigenvalue weighted by Gasteiger charge is -2.48. The lowest BCUT2D eigenvalue weighted by Crippen LogP contribution is -2.68. The molecule has 1 N–H and O–H groups in total. The number of hydrogen-bond acceptors (Lipinski definition) is 12. The highest BCUT2D eigenvalue weighted by atomic mass is 19.4. The highest BCUT2D eigenvalue weighted by molar-refractivity contribution is 6.03. The van der Waals surface area contributed by atoms with Gasteiger partial charge in [0.25, 0.3) is 0 Å². The number of nitrogens with zero attached hydrogens (tertiary/aromatic N) is 6. The Balaban J connectivity index is 1.05. The van der Waals surface area contributed by atoms with E-state index < -0.39 is 59.8 Å². The Morgan fingerprint density at radius 1 is 0.913 bits per heavy atom. The van der Waals surface area contributed by atoms with Crippen molar-refractivity contribution in [3.05, 3.63) is 69.3 Å². The van der Waals surface area contributed by atoms with Crippen LogP contribution in [0.15, 0.2) is 37.9 Å². The third kappa shape index (κ3) is 7.45. The number of aromatic hydroxyl groups is 1. The molecule has 4 saturated heterocycles. The first kappa shape index (κ1) is 47.0. The Morgan fingerprint density at radius 2 is 1.67 bits per heavy atom. The first-order valence-electron chi connectivity index (χ1n) is 22.2. The van der Waals surface area contributed by atoms with Crippen molar-refractivity contribution >= 4 is 27.5 Å². The number of aromatic nitrogens is 3. The van der Waals surface area contributed by atoms with E-state index in [0.717, 1.165) is 18.9 Å². The average Bonchev–Trinajstić information content (AvgIpc) is 4.00. The normalized spacial score (nSPS) is 24.4. The zero-order chi connectivity index (χ0) is 49.2. The molecular weight excluding hydrogens is 942 g/mol. The molecule has 5 aromatic rings. The molecule has 368 valence electrons. The van der Waals surface area contributed by atoms with Gasteiger partial charge in [-0.25, -0.2) is 18.6 Å². The minimum atomic E-state index is -6.89. The average molecular weight is 983 g/mol. The van der Waals surface area contributed by atoms with Gasteiger partial charge < -0.3 is 28.3 Å². The summed E-state index contributed by atoms with van der Waals surface area (Å²) in [6, 6.07) is 2.90. The fourth-order valence-corrected chi connectivity index (χ4v) is 11.7. The van der Waals surface area contributed by atoms with Crippen LogP contribution in [-0.4, -0.2) is 110 Å². The molecule has 5 aliphatic heterocycles. The van der Waals surface area contributed by atoms with Crippen LogP contribution in [-0.2, 0) is 17.7 Å². The molecule has 2 aromatic carbocycles. The molecule has 10 rings (SSSR count). The van der Waals surface area contributed by atoms with Crippen LogP contribution < -0.4 is 15.5 Å². The Kier molecular flexibility index (Phi) is 11.2. The SMILES string of the molecule is C#Cc1c(F)ccc2cc(O)cc(-c3nc4c5c(nc(OC[C@@]67CCCN6[C@H](COC(C(F)(F)F)(C(F)(F)F)C(F)(F)F)CC7)nc5c3F)N3C[C@H]5CC[C@@H]([C@H]3CCC4)N5Cc3oc(=O)oc3C)c12. The summed E-state index contributed by atoms with van der Waals surface area (Å²) in [6.45, 7) is 0.454. The van der Waals surface area contributed by atoms with Crippen LogP contribution in [0.4, 0.5) is 54.1 Å². The minimum Gasteiger partial charge on any atom is -0.508 e. The van der Waals surface area contributed by atoms with E-state index in [0.29, 0.717) is 48.4 Å². The molecule has 0 saturated carbocycles. The van der Waals surface area contributed by atoms with Gasteiger partial charge >= 0.3 is 36.0 Å². The second-order valence-electron chi connectivity index (χ2n) is 18.4. The summed E-state index contributed by atoms with van der Waals surface area (Å²) in [4.78, 5) is 32.0. The Hall–Kier alpha value is -5.73. The summed E-state index contributed by atoms with van der Waals surface area (Å²) in [6.07, 6.45) is -11.4. The van der Waals surface area contributed by atoms with E-state index in [4.69, 9.17) is 30.0 Å². The maximum Gasteiger partial charge on any atom is 0.519 e. The van der Waals surface area contributed by atoms with Crippen LogP contribution in [0, 0.1) is 30.9 Å². The number of piperazine rings is 1. The van der Waals surface area contributed by atoms with Crippen molar-refractivity contribution in [1.29, 1.82) is 0 Å².